The van der Waals surface area contributed by atoms with Gasteiger partial charge in [-0.25, -0.2) is 0 Å². The van der Waals surface area contributed by atoms with Gasteiger partial charge in [-0.3, -0.25) is 4.79 Å². The molecule has 2 nitrogen and oxygen atoms in total. The first-order valence-corrected chi connectivity index (χ1v) is 5.96. The van der Waals surface area contributed by atoms with Crippen LogP contribution >= 0.6 is 11.6 Å². The van der Waals surface area contributed by atoms with Crippen LogP contribution < -0.4 is 0 Å². The molecule has 17 heavy (non-hydrogen) atoms. The number of hydrogen-bond acceptors (Lipinski definition) is 2. The van der Waals surface area contributed by atoms with Crippen molar-refractivity contribution in [2.45, 2.75) is 12.3 Å². The van der Waals surface area contributed by atoms with E-state index in [1.165, 1.54) is 0 Å². The second kappa shape index (κ2) is 5.19. The third-order valence-corrected chi connectivity index (χ3v) is 3.00. The Morgan fingerprint density at radius 3 is 2.71 bits per heavy atom. The van der Waals surface area contributed by atoms with Gasteiger partial charge in [0.1, 0.15) is 0 Å². The number of hydrogen-bond donors (Lipinski definition) is 0. The van der Waals surface area contributed by atoms with Crippen LogP contribution in [0.5, 0.6) is 0 Å². The van der Waals surface area contributed by atoms with Gasteiger partial charge in [-0.15, -0.1) is 11.6 Å². The molecule has 0 amide bonds. The minimum atomic E-state index is -0.749. The molecule has 0 aliphatic carbocycles. The molecule has 2 aromatic rings. The maximum Gasteiger partial charge on any atom is 0.328 e. The van der Waals surface area contributed by atoms with Gasteiger partial charge in [0.2, 0.25) is 0 Å². The zero-order valence-corrected chi connectivity index (χ0v) is 10.3. The Hall–Kier alpha value is -1.54. The highest BCUT2D eigenvalue weighted by Crippen LogP contribution is 2.29. The third kappa shape index (κ3) is 2.42. The van der Waals surface area contributed by atoms with Crippen LogP contribution in [0.3, 0.4) is 0 Å². The summed E-state index contributed by atoms with van der Waals surface area (Å²) in [5.41, 5.74) is 0.795. The Morgan fingerprint density at radius 2 is 1.94 bits per heavy atom. The van der Waals surface area contributed by atoms with Gasteiger partial charge in [0.05, 0.1) is 6.61 Å². The number of alkyl halides is 1. The van der Waals surface area contributed by atoms with Crippen molar-refractivity contribution in [3.05, 3.63) is 48.0 Å². The lowest BCUT2D eigenvalue weighted by atomic mass is 10.0. The fourth-order valence-corrected chi connectivity index (χ4v) is 2.07. The molecule has 0 aliphatic heterocycles. The molecule has 88 valence electrons. The first-order valence-electron chi connectivity index (χ1n) is 5.52. The van der Waals surface area contributed by atoms with Crippen molar-refractivity contribution >= 4 is 28.3 Å². The zero-order chi connectivity index (χ0) is 12.3. The molecule has 0 fully saturated rings. The molecule has 0 heterocycles. The standard InChI is InChI=1S/C14H13ClO2/c1-2-17-14(16)13(15)12-9-5-7-10-6-3-4-8-11(10)12/h3-9,13H,2H2,1H3. The fraction of sp³-hybridized carbons (Fsp3) is 0.214. The van der Waals surface area contributed by atoms with E-state index in [0.29, 0.717) is 6.61 Å². The van der Waals surface area contributed by atoms with Crippen LogP contribution in [-0.4, -0.2) is 12.6 Å². The van der Waals surface area contributed by atoms with Gasteiger partial charge in [0, 0.05) is 0 Å². The van der Waals surface area contributed by atoms with E-state index in [1.54, 1.807) is 6.92 Å². The van der Waals surface area contributed by atoms with Gasteiger partial charge in [0.25, 0.3) is 0 Å². The summed E-state index contributed by atoms with van der Waals surface area (Å²) >= 11 is 6.14. The van der Waals surface area contributed by atoms with Crippen molar-refractivity contribution in [1.29, 1.82) is 0 Å². The van der Waals surface area contributed by atoms with Gasteiger partial charge in [-0.2, -0.15) is 0 Å². The molecule has 1 unspecified atom stereocenters. The average Bonchev–Trinajstić information content (AvgIpc) is 2.37. The average molecular weight is 249 g/mol. The van der Waals surface area contributed by atoms with Gasteiger partial charge >= 0.3 is 5.97 Å². The third-order valence-electron chi connectivity index (χ3n) is 2.59. The van der Waals surface area contributed by atoms with Gasteiger partial charge in [-0.05, 0) is 23.3 Å². The number of rotatable bonds is 3. The number of fused-ring (bicyclic) bond motifs is 1. The van der Waals surface area contributed by atoms with E-state index in [2.05, 4.69) is 0 Å². The summed E-state index contributed by atoms with van der Waals surface area (Å²) in [4.78, 5) is 11.6. The smallest absolute Gasteiger partial charge is 0.328 e. The summed E-state index contributed by atoms with van der Waals surface area (Å²) in [6.45, 7) is 2.11. The Kier molecular flexibility index (Phi) is 3.64. The van der Waals surface area contributed by atoms with Crippen LogP contribution in [0, 0.1) is 0 Å². The van der Waals surface area contributed by atoms with E-state index in [0.717, 1.165) is 16.3 Å². The summed E-state index contributed by atoms with van der Waals surface area (Å²) in [5.74, 6) is -0.398. The Morgan fingerprint density at radius 1 is 1.24 bits per heavy atom. The Labute approximate surface area is 105 Å². The van der Waals surface area contributed by atoms with Crippen molar-refractivity contribution in [2.75, 3.05) is 6.61 Å². The van der Waals surface area contributed by atoms with Crippen molar-refractivity contribution in [3.63, 3.8) is 0 Å². The molecule has 0 aliphatic rings. The van der Waals surface area contributed by atoms with Crippen LogP contribution in [0.15, 0.2) is 42.5 Å². The lowest BCUT2D eigenvalue weighted by molar-refractivity contribution is -0.142. The summed E-state index contributed by atoms with van der Waals surface area (Å²) in [7, 11) is 0. The van der Waals surface area contributed by atoms with Crippen LogP contribution in [0.2, 0.25) is 0 Å². The van der Waals surface area contributed by atoms with Crippen molar-refractivity contribution < 1.29 is 9.53 Å². The molecule has 0 spiro atoms. The molecule has 0 saturated heterocycles. The highest BCUT2D eigenvalue weighted by Gasteiger charge is 2.20. The summed E-state index contributed by atoms with van der Waals surface area (Å²) in [6.07, 6.45) is 0. The van der Waals surface area contributed by atoms with Gasteiger partial charge in [-0.1, -0.05) is 42.5 Å². The molecular weight excluding hydrogens is 236 g/mol. The molecule has 0 bridgehead atoms. The topological polar surface area (TPSA) is 26.3 Å². The molecule has 0 radical (unpaired) electrons. The zero-order valence-electron chi connectivity index (χ0n) is 9.52. The fourth-order valence-electron chi connectivity index (χ4n) is 1.81. The highest BCUT2D eigenvalue weighted by atomic mass is 35.5. The second-order valence-corrected chi connectivity index (χ2v) is 4.12. The lowest BCUT2D eigenvalue weighted by Gasteiger charge is -2.11. The van der Waals surface area contributed by atoms with Crippen molar-refractivity contribution in [1.82, 2.24) is 0 Å². The summed E-state index contributed by atoms with van der Waals surface area (Å²) in [6, 6.07) is 13.6. The molecule has 1 atom stereocenters. The minimum Gasteiger partial charge on any atom is -0.465 e. The quantitative estimate of drug-likeness (QED) is 0.612. The van der Waals surface area contributed by atoms with Crippen LogP contribution in [0.25, 0.3) is 10.8 Å². The normalized spacial score (nSPS) is 12.4. The number of carbonyl (C=O) groups excluding carboxylic acids is 1. The van der Waals surface area contributed by atoms with Crippen LogP contribution in [0.4, 0.5) is 0 Å². The molecule has 0 aromatic heterocycles. The molecule has 2 aromatic carbocycles. The molecule has 3 heteroatoms. The minimum absolute atomic E-state index is 0.340. The maximum absolute atomic E-state index is 11.6. The number of ether oxygens (including phenoxy) is 1. The van der Waals surface area contributed by atoms with Crippen molar-refractivity contribution in [3.8, 4) is 0 Å². The summed E-state index contributed by atoms with van der Waals surface area (Å²) < 4.78 is 4.94. The van der Waals surface area contributed by atoms with Gasteiger partial charge in [0.15, 0.2) is 5.38 Å². The number of halogens is 1. The summed E-state index contributed by atoms with van der Waals surface area (Å²) in [5, 5.41) is 1.31. The molecular formula is C14H13ClO2. The first-order chi connectivity index (χ1) is 8.24. The van der Waals surface area contributed by atoms with E-state index in [4.69, 9.17) is 16.3 Å². The van der Waals surface area contributed by atoms with E-state index < -0.39 is 11.3 Å². The Balaban J connectivity index is 2.44. The largest absolute Gasteiger partial charge is 0.465 e. The van der Waals surface area contributed by atoms with Gasteiger partial charge < -0.3 is 4.74 Å². The number of benzene rings is 2. The monoisotopic (exact) mass is 248 g/mol. The number of carbonyl (C=O) groups is 1. The van der Waals surface area contributed by atoms with Crippen LogP contribution in [0.1, 0.15) is 17.9 Å². The van der Waals surface area contributed by atoms with E-state index in [-0.39, 0.29) is 0 Å². The SMILES string of the molecule is CCOC(=O)C(Cl)c1cccc2ccccc12. The molecule has 0 saturated carbocycles. The highest BCUT2D eigenvalue weighted by molar-refractivity contribution is 6.30. The molecule has 0 N–H and O–H groups in total. The Bertz CT molecular complexity index is 531. The van der Waals surface area contributed by atoms with E-state index in [1.807, 2.05) is 42.5 Å². The predicted molar refractivity (Wildman–Crippen MR) is 69.2 cm³/mol. The predicted octanol–water partition coefficient (Wildman–Crippen LogP) is 3.68. The van der Waals surface area contributed by atoms with Crippen LogP contribution in [-0.2, 0) is 9.53 Å². The van der Waals surface area contributed by atoms with E-state index >= 15 is 0 Å². The van der Waals surface area contributed by atoms with E-state index in [9.17, 15) is 4.79 Å². The number of esters is 1. The van der Waals surface area contributed by atoms with Crippen molar-refractivity contribution in [2.24, 2.45) is 0 Å². The maximum atomic E-state index is 11.6. The first kappa shape index (κ1) is 11.9. The lowest BCUT2D eigenvalue weighted by Crippen LogP contribution is -2.11. The second-order valence-electron chi connectivity index (χ2n) is 3.68. The molecule has 2 rings (SSSR count).